The van der Waals surface area contributed by atoms with Crippen LogP contribution in [0.1, 0.15) is 33.1 Å². The van der Waals surface area contributed by atoms with Gasteiger partial charge in [-0.2, -0.15) is 0 Å². The van der Waals surface area contributed by atoms with Crippen LogP contribution in [-0.4, -0.2) is 51.8 Å². The predicted molar refractivity (Wildman–Crippen MR) is 84.3 cm³/mol. The Kier molecular flexibility index (Phi) is 10.6. The third-order valence-electron chi connectivity index (χ3n) is 3.12. The van der Waals surface area contributed by atoms with Gasteiger partial charge in [-0.15, -0.1) is 0 Å². The molecule has 9 heteroatoms. The molecule has 3 unspecified atom stereocenters. The lowest BCUT2D eigenvalue weighted by Gasteiger charge is -2.22. The molecule has 0 saturated carbocycles. The van der Waals surface area contributed by atoms with Crippen LogP contribution in [0, 0.1) is 5.92 Å². The summed E-state index contributed by atoms with van der Waals surface area (Å²) in [5.41, 5.74) is 5.44. The van der Waals surface area contributed by atoms with E-state index in [4.69, 9.17) is 5.73 Å². The highest BCUT2D eigenvalue weighted by Crippen LogP contribution is 2.25. The first kappa shape index (κ1) is 20.7. The first-order valence-corrected chi connectivity index (χ1v) is 8.04. The molecule has 0 bridgehead atoms. The summed E-state index contributed by atoms with van der Waals surface area (Å²) < 4.78 is 9.21. The lowest BCUT2D eigenvalue weighted by molar-refractivity contribution is -0.144. The lowest BCUT2D eigenvalue weighted by atomic mass is 9.97. The second-order valence-corrected chi connectivity index (χ2v) is 5.65. The van der Waals surface area contributed by atoms with Crippen molar-refractivity contribution in [3.8, 4) is 0 Å². The summed E-state index contributed by atoms with van der Waals surface area (Å²) >= 11 is 0.447. The summed E-state index contributed by atoms with van der Waals surface area (Å²) in [5, 5.41) is 13.6. The molecule has 0 fully saturated rings. The molecule has 0 radical (unpaired) electrons. The largest absolute Gasteiger partial charge is 0.481 e. The number of carbonyl (C=O) groups excluding carboxylic acids is 2. The first-order chi connectivity index (χ1) is 10.4. The Morgan fingerprint density at radius 2 is 1.91 bits per heavy atom. The van der Waals surface area contributed by atoms with Crippen LogP contribution < -0.4 is 16.4 Å². The van der Waals surface area contributed by atoms with Gasteiger partial charge in [0.1, 0.15) is 6.04 Å². The fourth-order valence-electron chi connectivity index (χ4n) is 1.97. The van der Waals surface area contributed by atoms with Gasteiger partial charge in [-0.3, -0.25) is 14.4 Å². The third kappa shape index (κ3) is 7.10. The smallest absolute Gasteiger partial charge is 0.308 e. The van der Waals surface area contributed by atoms with E-state index in [1.54, 1.807) is 6.92 Å². The van der Waals surface area contributed by atoms with Crippen molar-refractivity contribution < 1.29 is 24.0 Å². The second-order valence-electron chi connectivity index (χ2n) is 4.83. The average Bonchev–Trinajstić information content (AvgIpc) is 2.48. The summed E-state index contributed by atoms with van der Waals surface area (Å²) in [5.74, 6) is -3.17. The molecule has 22 heavy (non-hydrogen) atoms. The highest BCUT2D eigenvalue weighted by molar-refractivity contribution is 7.94. The van der Waals surface area contributed by atoms with Gasteiger partial charge in [-0.05, 0) is 25.4 Å². The van der Waals surface area contributed by atoms with Crippen molar-refractivity contribution >= 4 is 29.8 Å². The Morgan fingerprint density at radius 3 is 2.32 bits per heavy atom. The van der Waals surface area contributed by atoms with Crippen molar-refractivity contribution in [1.82, 2.24) is 10.6 Å². The highest BCUT2D eigenvalue weighted by Gasteiger charge is 2.31. The lowest BCUT2D eigenvalue weighted by Crippen LogP contribution is -2.51. The highest BCUT2D eigenvalue weighted by atomic mass is 32.2. The molecule has 0 heterocycles. The Hall–Kier alpha value is -1.32. The number of nitrogens with two attached hydrogens (primary N) is 1. The average molecular weight is 335 g/mol. The number of carboxylic acids is 1. The van der Waals surface area contributed by atoms with Crippen molar-refractivity contribution in [2.24, 2.45) is 11.7 Å². The Balaban J connectivity index is 4.75. The number of aliphatic carboxylic acids is 1. The van der Waals surface area contributed by atoms with Crippen LogP contribution in [-0.2, 0) is 14.4 Å². The van der Waals surface area contributed by atoms with Gasteiger partial charge >= 0.3 is 5.97 Å². The molecule has 0 aliphatic rings. The van der Waals surface area contributed by atoms with E-state index in [1.165, 1.54) is 0 Å². The maximum absolute atomic E-state index is 12.0. The number of rotatable bonds is 11. The van der Waals surface area contributed by atoms with Gasteiger partial charge in [0.05, 0.1) is 5.92 Å². The van der Waals surface area contributed by atoms with E-state index >= 15 is 0 Å². The van der Waals surface area contributed by atoms with E-state index in [0.717, 1.165) is 0 Å². The summed E-state index contributed by atoms with van der Waals surface area (Å²) in [6.07, 6.45) is 0.847. The summed E-state index contributed by atoms with van der Waals surface area (Å²) in [7, 11) is 0. The monoisotopic (exact) mass is 335 g/mol. The van der Waals surface area contributed by atoms with Crippen LogP contribution in [0.3, 0.4) is 0 Å². The SMILES string of the molecule is CCCC(SO)C(CC(=O)NC(CN)C(=O)NCC)C(=O)O. The molecule has 0 aromatic heterocycles. The van der Waals surface area contributed by atoms with Crippen LogP contribution in [0.4, 0.5) is 0 Å². The minimum absolute atomic E-state index is 0.0809. The van der Waals surface area contributed by atoms with Crippen LogP contribution in [0.2, 0.25) is 0 Å². The van der Waals surface area contributed by atoms with E-state index in [-0.39, 0.29) is 13.0 Å². The molecule has 3 atom stereocenters. The summed E-state index contributed by atoms with van der Waals surface area (Å²) in [4.78, 5) is 34.9. The number of hydrogen-bond donors (Lipinski definition) is 5. The molecule has 0 saturated heterocycles. The zero-order valence-corrected chi connectivity index (χ0v) is 13.7. The van der Waals surface area contributed by atoms with Crippen LogP contribution in [0.25, 0.3) is 0 Å². The van der Waals surface area contributed by atoms with E-state index in [1.807, 2.05) is 6.92 Å². The molecule has 0 aromatic carbocycles. The molecule has 0 aliphatic carbocycles. The van der Waals surface area contributed by atoms with E-state index in [0.29, 0.717) is 31.4 Å². The maximum atomic E-state index is 12.0. The van der Waals surface area contributed by atoms with Crippen LogP contribution >= 0.6 is 12.0 Å². The number of hydrogen-bond acceptors (Lipinski definition) is 6. The fourth-order valence-corrected chi connectivity index (χ4v) is 2.67. The van der Waals surface area contributed by atoms with E-state index in [2.05, 4.69) is 10.6 Å². The second kappa shape index (κ2) is 11.3. The number of amides is 2. The Bertz CT molecular complexity index is 381. The molecule has 6 N–H and O–H groups in total. The number of carbonyl (C=O) groups is 3. The summed E-state index contributed by atoms with van der Waals surface area (Å²) in [6.45, 7) is 3.93. The summed E-state index contributed by atoms with van der Waals surface area (Å²) in [6, 6.07) is -0.895. The molecule has 2 amide bonds. The van der Waals surface area contributed by atoms with Crippen LogP contribution in [0.5, 0.6) is 0 Å². The molecule has 0 rings (SSSR count). The predicted octanol–water partition coefficient (Wildman–Crippen LogP) is 0.0318. The molecule has 0 spiro atoms. The van der Waals surface area contributed by atoms with Gasteiger partial charge in [0.25, 0.3) is 0 Å². The van der Waals surface area contributed by atoms with Crippen molar-refractivity contribution in [3.05, 3.63) is 0 Å². The fraction of sp³-hybridized carbons (Fsp3) is 0.769. The van der Waals surface area contributed by atoms with Crippen molar-refractivity contribution in [2.45, 2.75) is 44.4 Å². The number of carboxylic acid groups (broad SMARTS) is 1. The van der Waals surface area contributed by atoms with Gasteiger partial charge in [-0.25, -0.2) is 0 Å². The molecular weight excluding hydrogens is 310 g/mol. The molecule has 0 aromatic rings. The van der Waals surface area contributed by atoms with Gasteiger partial charge < -0.3 is 26.0 Å². The molecule has 128 valence electrons. The van der Waals surface area contributed by atoms with Crippen molar-refractivity contribution in [3.63, 3.8) is 0 Å². The van der Waals surface area contributed by atoms with Gasteiger partial charge in [0.15, 0.2) is 0 Å². The van der Waals surface area contributed by atoms with Gasteiger partial charge in [0, 0.05) is 24.8 Å². The standard InChI is InChI=1S/C13H25N3O5S/c1-3-5-10(22-21)8(13(19)20)6-11(17)16-9(7-14)12(18)15-4-2/h8-10,21H,3-7,14H2,1-2H3,(H,15,18)(H,16,17)(H,19,20). The topological polar surface area (TPSA) is 142 Å². The van der Waals surface area contributed by atoms with Crippen molar-refractivity contribution in [2.75, 3.05) is 13.1 Å². The first-order valence-electron chi connectivity index (χ1n) is 7.21. The van der Waals surface area contributed by atoms with Crippen molar-refractivity contribution in [1.29, 1.82) is 0 Å². The maximum Gasteiger partial charge on any atom is 0.308 e. The Morgan fingerprint density at radius 1 is 1.27 bits per heavy atom. The minimum Gasteiger partial charge on any atom is -0.481 e. The van der Waals surface area contributed by atoms with Gasteiger partial charge in [0.2, 0.25) is 11.8 Å². The normalized spacial score (nSPS) is 14.7. The van der Waals surface area contributed by atoms with E-state index < -0.39 is 35.0 Å². The third-order valence-corrected chi connectivity index (χ3v) is 3.95. The molecule has 0 aliphatic heterocycles. The zero-order chi connectivity index (χ0) is 17.1. The molecular formula is C13H25N3O5S. The number of likely N-dealkylation sites (N-methyl/N-ethyl adjacent to an activating group) is 1. The van der Waals surface area contributed by atoms with Crippen LogP contribution in [0.15, 0.2) is 0 Å². The van der Waals surface area contributed by atoms with E-state index in [9.17, 15) is 24.0 Å². The zero-order valence-electron chi connectivity index (χ0n) is 12.9. The number of nitrogens with one attached hydrogen (secondary N) is 2. The quantitative estimate of drug-likeness (QED) is 0.335. The Labute approximate surface area is 134 Å². The van der Waals surface area contributed by atoms with Gasteiger partial charge in [-0.1, -0.05) is 13.3 Å². The minimum atomic E-state index is -1.16. The molecule has 8 nitrogen and oxygen atoms in total.